The van der Waals surface area contributed by atoms with Crippen molar-refractivity contribution in [3.63, 3.8) is 0 Å². The molecule has 0 aliphatic heterocycles. The minimum atomic E-state index is 0.861. The average Bonchev–Trinajstić information content (AvgIpc) is 1.58. The van der Waals surface area contributed by atoms with Crippen molar-refractivity contribution < 1.29 is 13.3 Å². The van der Waals surface area contributed by atoms with Crippen LogP contribution < -0.4 is 14.7 Å². The smallest absolute Gasteiger partial charge is 0.143 e. The number of benzene rings is 25. The van der Waals surface area contributed by atoms with Gasteiger partial charge in [-0.1, -0.05) is 461 Å². The van der Waals surface area contributed by atoms with Crippen LogP contribution in [0.3, 0.4) is 0 Å². The lowest BCUT2D eigenvalue weighted by molar-refractivity contribution is 0.672. The number of anilines is 9. The topological polar surface area (TPSA) is 49.1 Å². The molecule has 0 amide bonds. The zero-order valence-electron chi connectivity index (χ0n) is 80.9. The predicted octanol–water partition coefficient (Wildman–Crippen LogP) is 40.8. The minimum Gasteiger partial charge on any atom is -0.455 e. The van der Waals surface area contributed by atoms with E-state index in [1.165, 1.54) is 122 Å². The summed E-state index contributed by atoms with van der Waals surface area (Å²) < 4.78 is 20.4. The Morgan fingerprint density at radius 3 is 0.757 bits per heavy atom. The van der Waals surface area contributed by atoms with E-state index < -0.39 is 0 Å². The molecule has 0 unspecified atom stereocenters. The molecule has 25 aromatic carbocycles. The lowest BCUT2D eigenvalue weighted by Crippen LogP contribution is -2.11. The van der Waals surface area contributed by atoms with Crippen molar-refractivity contribution in [1.82, 2.24) is 0 Å². The van der Waals surface area contributed by atoms with Gasteiger partial charge < -0.3 is 28.0 Å². The number of hydrogen-bond acceptors (Lipinski definition) is 6. The van der Waals surface area contributed by atoms with Crippen LogP contribution in [0.2, 0.25) is 0 Å². The van der Waals surface area contributed by atoms with E-state index in [-0.39, 0.29) is 0 Å². The molecule has 6 heteroatoms. The molecule has 0 aliphatic carbocycles. The number of para-hydroxylation sites is 3. The second-order valence-electron chi connectivity index (χ2n) is 37.5. The highest BCUT2D eigenvalue weighted by Gasteiger charge is 2.29. The lowest BCUT2D eigenvalue weighted by atomic mass is 9.93. The van der Waals surface area contributed by atoms with Gasteiger partial charge in [-0.3, -0.25) is 0 Å². The minimum absolute atomic E-state index is 0.861. The quantitative estimate of drug-likeness (QED) is 0.0853. The number of fused-ring (bicyclic) bond motifs is 16. The van der Waals surface area contributed by atoms with Crippen LogP contribution in [0, 0.1) is 0 Å². The second kappa shape index (κ2) is 39.0. The van der Waals surface area contributed by atoms with Gasteiger partial charge >= 0.3 is 0 Å². The molecule has 0 saturated heterocycles. The van der Waals surface area contributed by atoms with E-state index in [9.17, 15) is 0 Å². The molecule has 28 rings (SSSR count). The van der Waals surface area contributed by atoms with Gasteiger partial charge in [-0.25, -0.2) is 0 Å². The number of nitrogens with zero attached hydrogens (tertiary/aromatic N) is 3. The molecule has 0 spiro atoms. The number of rotatable bonds is 18. The fourth-order valence-electron chi connectivity index (χ4n) is 21.8. The molecule has 0 N–H and O–H groups in total. The molecule has 0 saturated carbocycles. The third-order valence-electron chi connectivity index (χ3n) is 28.8. The van der Waals surface area contributed by atoms with Gasteiger partial charge in [0.15, 0.2) is 0 Å². The fraction of sp³-hybridized carbons (Fsp3) is 0. The summed E-state index contributed by atoms with van der Waals surface area (Å²) in [5.41, 5.74) is 36.5. The van der Waals surface area contributed by atoms with Crippen LogP contribution in [-0.2, 0) is 0 Å². The summed E-state index contributed by atoms with van der Waals surface area (Å²) in [5.74, 6) is 0. The van der Waals surface area contributed by atoms with Crippen LogP contribution in [0.4, 0.5) is 51.2 Å². The SMILES string of the molecule is c1ccc(-c2ccc(-c3cc4c(oc5cccc(N(c6ccc(-c7ccccc7)cc6)c6cccc7ccccc67)c54)c4ccccc34)cc2)cc1.c1ccc(-c2ccc(-c3cc4c(oc5cccc(N(c6ccccc6)c6cccc(-c7ccccc7)c6)c54)c4ccccc34)cc2)cc1.c1ccc(-c2ccc(-c3cc4c(oc5cccc(N(c6ccccc6)c6ccccc6-c6ccccc6)c54)c4ccccc34)cc2)cc1. The Morgan fingerprint density at radius 2 is 0.358 bits per heavy atom. The second-order valence-corrected chi connectivity index (χ2v) is 37.5. The molecule has 0 fully saturated rings. The van der Waals surface area contributed by atoms with Gasteiger partial charge in [0.1, 0.15) is 33.5 Å². The van der Waals surface area contributed by atoms with Gasteiger partial charge in [0, 0.05) is 66.0 Å². The molecular weight excluding hydrogens is 1800 g/mol. The van der Waals surface area contributed by atoms with E-state index >= 15 is 0 Å². The molecule has 6 nitrogen and oxygen atoms in total. The molecule has 0 aliphatic rings. The van der Waals surface area contributed by atoms with Crippen molar-refractivity contribution in [2.24, 2.45) is 0 Å². The van der Waals surface area contributed by atoms with Gasteiger partial charge in [0.25, 0.3) is 0 Å². The lowest BCUT2D eigenvalue weighted by Gasteiger charge is -2.28. The van der Waals surface area contributed by atoms with Crippen LogP contribution in [0.25, 0.3) is 209 Å². The van der Waals surface area contributed by atoms with Crippen LogP contribution in [0.15, 0.2) is 590 Å². The Bertz CT molecular complexity index is 9720. The Kier molecular flexibility index (Phi) is 23.3. The van der Waals surface area contributed by atoms with Gasteiger partial charge in [0.2, 0.25) is 0 Å². The normalized spacial score (nSPS) is 11.4. The molecule has 0 radical (unpaired) electrons. The first kappa shape index (κ1) is 88.5. The predicted molar refractivity (Wildman–Crippen MR) is 624 cm³/mol. The highest BCUT2D eigenvalue weighted by atomic mass is 16.3. The zero-order valence-corrected chi connectivity index (χ0v) is 80.9. The van der Waals surface area contributed by atoms with Gasteiger partial charge in [-0.15, -0.1) is 0 Å². The van der Waals surface area contributed by atoms with Gasteiger partial charge in [0.05, 0.1) is 44.6 Å². The van der Waals surface area contributed by atoms with E-state index in [4.69, 9.17) is 13.3 Å². The Morgan fingerprint density at radius 1 is 0.122 bits per heavy atom. The maximum Gasteiger partial charge on any atom is 0.143 e. The van der Waals surface area contributed by atoms with Crippen molar-refractivity contribution >= 4 is 160 Å². The van der Waals surface area contributed by atoms with Crippen molar-refractivity contribution in [3.8, 4) is 100 Å². The van der Waals surface area contributed by atoms with Gasteiger partial charge in [-0.2, -0.15) is 0 Å². The summed E-state index contributed by atoms with van der Waals surface area (Å²) in [4.78, 5) is 7.13. The van der Waals surface area contributed by atoms with E-state index in [0.717, 1.165) is 139 Å². The monoisotopic (exact) mass is 1890 g/mol. The molecule has 148 heavy (non-hydrogen) atoms. The van der Waals surface area contributed by atoms with Crippen LogP contribution in [-0.4, -0.2) is 0 Å². The van der Waals surface area contributed by atoms with Crippen LogP contribution in [0.1, 0.15) is 0 Å². The summed E-state index contributed by atoms with van der Waals surface area (Å²) in [6.07, 6.45) is 0. The Hall–Kier alpha value is -19.7. The van der Waals surface area contributed by atoms with E-state index in [1.54, 1.807) is 0 Å². The van der Waals surface area contributed by atoms with Gasteiger partial charge in [-0.05, 0) is 231 Å². The first-order chi connectivity index (χ1) is 73.4. The summed E-state index contributed by atoms with van der Waals surface area (Å²) in [5, 5.41) is 15.8. The Balaban J connectivity index is 0.000000112. The maximum atomic E-state index is 6.83. The summed E-state index contributed by atoms with van der Waals surface area (Å²) in [6.45, 7) is 0. The molecular formula is C142H95N3O3. The third-order valence-corrected chi connectivity index (χ3v) is 28.8. The highest BCUT2D eigenvalue weighted by molar-refractivity contribution is 6.26. The molecule has 3 aromatic heterocycles. The summed E-state index contributed by atoms with van der Waals surface area (Å²) >= 11 is 0. The van der Waals surface area contributed by atoms with Crippen molar-refractivity contribution in [3.05, 3.63) is 576 Å². The number of furan rings is 3. The van der Waals surface area contributed by atoms with Crippen LogP contribution in [0.5, 0.6) is 0 Å². The van der Waals surface area contributed by atoms with Crippen molar-refractivity contribution in [2.75, 3.05) is 14.7 Å². The molecule has 3 heterocycles. The third kappa shape index (κ3) is 16.6. The first-order valence-corrected chi connectivity index (χ1v) is 50.5. The number of hydrogen-bond donors (Lipinski definition) is 0. The fourth-order valence-corrected chi connectivity index (χ4v) is 21.8. The largest absolute Gasteiger partial charge is 0.455 e. The van der Waals surface area contributed by atoms with Crippen molar-refractivity contribution in [2.45, 2.75) is 0 Å². The molecule has 0 atom stereocenters. The van der Waals surface area contributed by atoms with Crippen molar-refractivity contribution in [1.29, 1.82) is 0 Å². The molecule has 696 valence electrons. The molecule has 28 aromatic rings. The highest BCUT2D eigenvalue weighted by Crippen LogP contribution is 2.54. The standard InChI is InChI=1S/C50H33NO.2C46H31NO/c1-3-13-34(14-4-1)36-25-27-39(28-26-36)44-33-45-49-47(23-12-24-48(49)52-50(45)43-21-10-9-20-42(43)44)51(46-22-11-18-38-17-7-8-19-41(38)46)40-31-29-37(30-32-40)35-15-5-2-6-16-35;1-4-14-32(15-5-1)34-26-28-35(29-27-34)41-31-42-45-43(24-13-25-44(45)48-46(42)40-23-11-10-22-39(40)41)47(37-19-8-3-9-20-37)38-21-12-18-36(30-38)33-16-6-2-7-17-33;1-4-15-32(16-5-1)33-27-29-35(30-28-33)40-31-41-45-43(25-14-26-44(45)48-46(41)39-23-11-10-22-38(39)40)47(36-19-8-3-9-20-36)42-24-13-12-21-37(42)34-17-6-2-7-18-34/h1-33H;2*1-31H. The average molecular weight is 1890 g/mol. The Labute approximate surface area is 858 Å². The maximum absolute atomic E-state index is 6.83. The summed E-state index contributed by atoms with van der Waals surface area (Å²) in [7, 11) is 0. The van der Waals surface area contributed by atoms with E-state index in [1.807, 2.05) is 0 Å². The van der Waals surface area contributed by atoms with E-state index in [2.05, 4.69) is 591 Å². The summed E-state index contributed by atoms with van der Waals surface area (Å²) in [6, 6.07) is 205. The van der Waals surface area contributed by atoms with Crippen LogP contribution >= 0.6 is 0 Å². The first-order valence-electron chi connectivity index (χ1n) is 50.5. The zero-order chi connectivity index (χ0) is 98.2. The molecule has 0 bridgehead atoms. The van der Waals surface area contributed by atoms with E-state index in [0.29, 0.717) is 0 Å².